The van der Waals surface area contributed by atoms with Crippen molar-refractivity contribution < 1.29 is 18.3 Å². The van der Waals surface area contributed by atoms with Crippen LogP contribution in [0.4, 0.5) is 13.2 Å². The molecule has 1 aromatic heterocycles. The number of aromatic nitrogens is 2. The molecule has 0 atom stereocenters. The molecule has 0 bridgehead atoms. The molecule has 1 saturated carbocycles. The Balaban J connectivity index is 1.49. The fourth-order valence-corrected chi connectivity index (χ4v) is 4.18. The second-order valence-electron chi connectivity index (χ2n) is 8.29. The van der Waals surface area contributed by atoms with E-state index < -0.39 is 11.7 Å². The molecule has 2 aliphatic rings. The van der Waals surface area contributed by atoms with Gasteiger partial charge in [0, 0.05) is 43.1 Å². The van der Waals surface area contributed by atoms with E-state index in [1.165, 1.54) is 6.07 Å². The zero-order valence-corrected chi connectivity index (χ0v) is 16.9. The summed E-state index contributed by atoms with van der Waals surface area (Å²) in [7, 11) is 0. The van der Waals surface area contributed by atoms with Crippen LogP contribution in [-0.2, 0) is 25.7 Å². The maximum Gasteiger partial charge on any atom is 0.416 e. The number of benzene rings is 2. The SMILES string of the molecule is Oc1ccc(-c2nc(C3CC3)nc3c2CN(Cc2ccccc2C(F)(F)F)CC3)cc1. The van der Waals surface area contributed by atoms with Crippen LogP contribution in [0.3, 0.4) is 0 Å². The Morgan fingerprint density at radius 1 is 1.00 bits per heavy atom. The normalized spacial score (nSPS) is 16.9. The van der Waals surface area contributed by atoms with Crippen LogP contribution in [0, 0.1) is 0 Å². The number of nitrogens with zero attached hydrogens (tertiary/aromatic N) is 3. The fourth-order valence-electron chi connectivity index (χ4n) is 4.18. The molecule has 2 heterocycles. The lowest BCUT2D eigenvalue weighted by atomic mass is 9.97. The molecule has 1 fully saturated rings. The van der Waals surface area contributed by atoms with Crippen LogP contribution in [0.25, 0.3) is 11.3 Å². The second-order valence-corrected chi connectivity index (χ2v) is 8.29. The van der Waals surface area contributed by atoms with Gasteiger partial charge in [-0.15, -0.1) is 0 Å². The van der Waals surface area contributed by atoms with E-state index in [0.717, 1.165) is 47.2 Å². The Morgan fingerprint density at radius 3 is 2.45 bits per heavy atom. The van der Waals surface area contributed by atoms with Gasteiger partial charge in [0.1, 0.15) is 11.6 Å². The van der Waals surface area contributed by atoms with Gasteiger partial charge in [0.15, 0.2) is 0 Å². The Bertz CT molecular complexity index is 1110. The van der Waals surface area contributed by atoms with Crippen molar-refractivity contribution >= 4 is 0 Å². The first-order chi connectivity index (χ1) is 14.9. The molecule has 4 nitrogen and oxygen atoms in total. The highest BCUT2D eigenvalue weighted by Gasteiger charge is 2.34. The van der Waals surface area contributed by atoms with Gasteiger partial charge in [-0.1, -0.05) is 18.2 Å². The zero-order chi connectivity index (χ0) is 21.6. The number of hydrogen-bond acceptors (Lipinski definition) is 4. The largest absolute Gasteiger partial charge is 0.508 e. The van der Waals surface area contributed by atoms with E-state index in [4.69, 9.17) is 9.97 Å². The highest BCUT2D eigenvalue weighted by molar-refractivity contribution is 5.65. The van der Waals surface area contributed by atoms with Crippen LogP contribution in [0.5, 0.6) is 5.75 Å². The zero-order valence-electron chi connectivity index (χ0n) is 16.9. The van der Waals surface area contributed by atoms with Crippen molar-refractivity contribution in [1.82, 2.24) is 14.9 Å². The summed E-state index contributed by atoms with van der Waals surface area (Å²) in [5.74, 6) is 1.44. The number of alkyl halides is 3. The first-order valence-electron chi connectivity index (χ1n) is 10.4. The highest BCUT2D eigenvalue weighted by atomic mass is 19.4. The number of phenols is 1. The van der Waals surface area contributed by atoms with Crippen LogP contribution in [0.2, 0.25) is 0 Å². The Kier molecular flexibility index (Phi) is 4.93. The third-order valence-corrected chi connectivity index (χ3v) is 5.96. The molecule has 1 aliphatic carbocycles. The lowest BCUT2D eigenvalue weighted by molar-refractivity contribution is -0.138. The van der Waals surface area contributed by atoms with Crippen molar-refractivity contribution in [3.63, 3.8) is 0 Å². The topological polar surface area (TPSA) is 49.3 Å². The van der Waals surface area contributed by atoms with Crippen LogP contribution in [-0.4, -0.2) is 26.5 Å². The van der Waals surface area contributed by atoms with Gasteiger partial charge in [-0.25, -0.2) is 9.97 Å². The molecule has 1 N–H and O–H groups in total. The quantitative estimate of drug-likeness (QED) is 0.616. The van der Waals surface area contributed by atoms with Crippen molar-refractivity contribution in [2.24, 2.45) is 0 Å². The number of hydrogen-bond donors (Lipinski definition) is 1. The number of phenolic OH excluding ortho intramolecular Hbond substituents is 1. The first-order valence-corrected chi connectivity index (χ1v) is 10.4. The van der Waals surface area contributed by atoms with Gasteiger partial charge in [-0.2, -0.15) is 13.2 Å². The van der Waals surface area contributed by atoms with Crippen LogP contribution in [0.1, 0.15) is 47.0 Å². The number of rotatable bonds is 4. The average molecular weight is 425 g/mol. The minimum Gasteiger partial charge on any atom is -0.508 e. The van der Waals surface area contributed by atoms with E-state index in [9.17, 15) is 18.3 Å². The summed E-state index contributed by atoms with van der Waals surface area (Å²) in [4.78, 5) is 11.7. The first kappa shape index (κ1) is 20.0. The van der Waals surface area contributed by atoms with E-state index in [1.807, 2.05) is 17.0 Å². The Labute approximate surface area is 178 Å². The summed E-state index contributed by atoms with van der Waals surface area (Å²) in [6, 6.07) is 12.7. The molecule has 7 heteroatoms. The lowest BCUT2D eigenvalue weighted by Crippen LogP contribution is -2.32. The minimum absolute atomic E-state index is 0.180. The predicted molar refractivity (Wildman–Crippen MR) is 110 cm³/mol. The lowest BCUT2D eigenvalue weighted by Gasteiger charge is -2.30. The molecule has 0 radical (unpaired) electrons. The molecule has 31 heavy (non-hydrogen) atoms. The summed E-state index contributed by atoms with van der Waals surface area (Å²) in [6.07, 6.45) is -1.51. The third-order valence-electron chi connectivity index (χ3n) is 5.96. The van der Waals surface area contributed by atoms with Crippen LogP contribution in [0.15, 0.2) is 48.5 Å². The van der Waals surface area contributed by atoms with Gasteiger partial charge >= 0.3 is 6.18 Å². The summed E-state index contributed by atoms with van der Waals surface area (Å²) >= 11 is 0. The number of aromatic hydroxyl groups is 1. The molecule has 0 saturated heterocycles. The molecular weight excluding hydrogens is 403 g/mol. The van der Waals surface area contributed by atoms with Crippen LogP contribution < -0.4 is 0 Å². The smallest absolute Gasteiger partial charge is 0.416 e. The number of halogens is 3. The maximum atomic E-state index is 13.4. The summed E-state index contributed by atoms with van der Waals surface area (Å²) < 4.78 is 40.3. The predicted octanol–water partition coefficient (Wildman–Crippen LogP) is 5.30. The van der Waals surface area contributed by atoms with E-state index in [2.05, 4.69) is 0 Å². The van der Waals surface area contributed by atoms with Crippen LogP contribution >= 0.6 is 0 Å². The minimum atomic E-state index is -4.37. The van der Waals surface area contributed by atoms with E-state index in [0.29, 0.717) is 25.4 Å². The molecule has 1 aliphatic heterocycles. The molecule has 5 rings (SSSR count). The Hall–Kier alpha value is -2.93. The van der Waals surface area contributed by atoms with E-state index in [1.54, 1.807) is 24.3 Å². The molecule has 0 spiro atoms. The van der Waals surface area contributed by atoms with Gasteiger partial charge in [-0.05, 0) is 48.7 Å². The van der Waals surface area contributed by atoms with Crippen molar-refractivity contribution in [1.29, 1.82) is 0 Å². The number of fused-ring (bicyclic) bond motifs is 1. The molecule has 0 amide bonds. The van der Waals surface area contributed by atoms with Gasteiger partial charge in [-0.3, -0.25) is 4.90 Å². The van der Waals surface area contributed by atoms with E-state index in [-0.39, 0.29) is 17.9 Å². The van der Waals surface area contributed by atoms with Gasteiger partial charge < -0.3 is 5.11 Å². The average Bonchev–Trinajstić information content (AvgIpc) is 3.59. The van der Waals surface area contributed by atoms with Crippen molar-refractivity contribution in [3.05, 3.63) is 76.7 Å². The molecule has 3 aromatic rings. The molecule has 2 aromatic carbocycles. The third kappa shape index (κ3) is 4.14. The van der Waals surface area contributed by atoms with E-state index >= 15 is 0 Å². The second kappa shape index (κ2) is 7.64. The van der Waals surface area contributed by atoms with Crippen molar-refractivity contribution in [2.75, 3.05) is 6.54 Å². The fraction of sp³-hybridized carbons (Fsp3) is 0.333. The summed E-state index contributed by atoms with van der Waals surface area (Å²) in [5, 5.41) is 9.66. The molecule has 0 unspecified atom stereocenters. The van der Waals surface area contributed by atoms with Crippen molar-refractivity contribution in [2.45, 2.75) is 44.4 Å². The maximum absolute atomic E-state index is 13.4. The summed E-state index contributed by atoms with van der Waals surface area (Å²) in [5.41, 5.74) is 3.35. The molecule has 160 valence electrons. The van der Waals surface area contributed by atoms with Gasteiger partial charge in [0.2, 0.25) is 0 Å². The summed E-state index contributed by atoms with van der Waals surface area (Å²) in [6.45, 7) is 1.35. The van der Waals surface area contributed by atoms with Gasteiger partial charge in [0.05, 0.1) is 17.0 Å². The van der Waals surface area contributed by atoms with Crippen molar-refractivity contribution in [3.8, 4) is 17.0 Å². The highest BCUT2D eigenvalue weighted by Crippen LogP contribution is 2.40. The standard InChI is InChI=1S/C24H22F3N3O/c25-24(26,27)20-4-2-1-3-17(20)13-30-12-11-21-19(14-30)22(15-7-9-18(31)10-8-15)29-23(28-21)16-5-6-16/h1-4,7-10,16,31H,5-6,11-14H2. The van der Waals surface area contributed by atoms with Gasteiger partial charge in [0.25, 0.3) is 0 Å². The Morgan fingerprint density at radius 2 is 1.74 bits per heavy atom. The molecular formula is C24H22F3N3O. The monoisotopic (exact) mass is 425 g/mol.